The summed E-state index contributed by atoms with van der Waals surface area (Å²) in [7, 11) is 1.98. The maximum Gasteiger partial charge on any atom is 0.165 e. The van der Waals surface area contributed by atoms with Crippen LogP contribution in [-0.4, -0.2) is 56.0 Å². The van der Waals surface area contributed by atoms with Gasteiger partial charge in [-0.3, -0.25) is 0 Å². The molecular formula is C14H23N5O2. The van der Waals surface area contributed by atoms with Crippen LogP contribution in [0.1, 0.15) is 20.8 Å². The molecule has 2 N–H and O–H groups in total. The second-order valence-corrected chi connectivity index (χ2v) is 6.52. The molecular weight excluding hydrogens is 270 g/mol. The van der Waals surface area contributed by atoms with Crippen LogP contribution < -0.4 is 4.90 Å². The Morgan fingerprint density at radius 2 is 2.00 bits per heavy atom. The van der Waals surface area contributed by atoms with Gasteiger partial charge in [0.15, 0.2) is 17.0 Å². The van der Waals surface area contributed by atoms with Gasteiger partial charge in [-0.05, 0) is 5.41 Å². The van der Waals surface area contributed by atoms with Gasteiger partial charge in [-0.15, -0.1) is 0 Å². The minimum atomic E-state index is -0.826. The average molecular weight is 293 g/mol. The van der Waals surface area contributed by atoms with Gasteiger partial charge in [-0.1, -0.05) is 20.8 Å². The van der Waals surface area contributed by atoms with E-state index in [0.717, 1.165) is 12.4 Å². The fourth-order valence-corrected chi connectivity index (χ4v) is 2.35. The third kappa shape index (κ3) is 3.68. The van der Waals surface area contributed by atoms with E-state index in [0.29, 0.717) is 11.2 Å². The Bertz CT molecular complexity index is 605. The first-order valence-corrected chi connectivity index (χ1v) is 6.97. The largest absolute Gasteiger partial charge is 0.394 e. The molecule has 0 amide bonds. The molecule has 7 heteroatoms. The second kappa shape index (κ2) is 5.95. The molecule has 0 saturated carbocycles. The van der Waals surface area contributed by atoms with Gasteiger partial charge in [0, 0.05) is 13.6 Å². The van der Waals surface area contributed by atoms with E-state index in [-0.39, 0.29) is 18.6 Å². The highest BCUT2D eigenvalue weighted by Crippen LogP contribution is 2.24. The van der Waals surface area contributed by atoms with Crippen molar-refractivity contribution in [2.45, 2.75) is 33.4 Å². The third-order valence-electron chi connectivity index (χ3n) is 3.07. The second-order valence-electron chi connectivity index (χ2n) is 6.52. The molecule has 0 radical (unpaired) electrons. The summed E-state index contributed by atoms with van der Waals surface area (Å²) >= 11 is 0. The van der Waals surface area contributed by atoms with E-state index in [1.54, 1.807) is 10.9 Å². The summed E-state index contributed by atoms with van der Waals surface area (Å²) in [6.45, 7) is 7.30. The Hall–Kier alpha value is -1.73. The molecule has 0 spiro atoms. The molecule has 0 unspecified atom stereocenters. The van der Waals surface area contributed by atoms with Gasteiger partial charge in [-0.2, -0.15) is 0 Å². The SMILES string of the molecule is CN(CC(C)(C)C)c1ncnc2c1ncn2C[C@H](O)CO. The van der Waals surface area contributed by atoms with Crippen molar-refractivity contribution >= 4 is 17.0 Å². The van der Waals surface area contributed by atoms with Gasteiger partial charge < -0.3 is 19.7 Å². The summed E-state index contributed by atoms with van der Waals surface area (Å²) in [4.78, 5) is 15.0. The number of fused-ring (bicyclic) bond motifs is 1. The number of hydrogen-bond acceptors (Lipinski definition) is 6. The minimum absolute atomic E-state index is 0.141. The van der Waals surface area contributed by atoms with Crippen LogP contribution in [0, 0.1) is 5.41 Å². The monoisotopic (exact) mass is 293 g/mol. The van der Waals surface area contributed by atoms with Gasteiger partial charge >= 0.3 is 0 Å². The first-order chi connectivity index (χ1) is 9.81. The lowest BCUT2D eigenvalue weighted by atomic mass is 9.96. The van der Waals surface area contributed by atoms with E-state index in [9.17, 15) is 5.11 Å². The predicted octanol–water partition coefficient (Wildman–Crippen LogP) is 0.662. The quantitative estimate of drug-likeness (QED) is 0.842. The number of aromatic nitrogens is 4. The molecule has 2 heterocycles. The van der Waals surface area contributed by atoms with Crippen molar-refractivity contribution in [2.24, 2.45) is 5.41 Å². The van der Waals surface area contributed by atoms with Crippen molar-refractivity contribution in [3.05, 3.63) is 12.7 Å². The molecule has 0 aliphatic rings. The van der Waals surface area contributed by atoms with Crippen LogP contribution in [0.15, 0.2) is 12.7 Å². The Kier molecular flexibility index (Phi) is 4.43. The van der Waals surface area contributed by atoms with Crippen molar-refractivity contribution < 1.29 is 10.2 Å². The molecule has 1 atom stereocenters. The minimum Gasteiger partial charge on any atom is -0.394 e. The van der Waals surface area contributed by atoms with Crippen LogP contribution in [0.5, 0.6) is 0 Å². The van der Waals surface area contributed by atoms with E-state index in [4.69, 9.17) is 5.11 Å². The van der Waals surface area contributed by atoms with Crippen LogP contribution >= 0.6 is 0 Å². The number of aliphatic hydroxyl groups is 2. The van der Waals surface area contributed by atoms with Gasteiger partial charge in [0.1, 0.15) is 6.33 Å². The fourth-order valence-electron chi connectivity index (χ4n) is 2.35. The van der Waals surface area contributed by atoms with E-state index < -0.39 is 6.10 Å². The molecule has 0 aromatic carbocycles. The molecule has 0 fully saturated rings. The smallest absolute Gasteiger partial charge is 0.165 e. The van der Waals surface area contributed by atoms with E-state index in [1.165, 1.54) is 6.33 Å². The molecule has 0 bridgehead atoms. The highest BCUT2D eigenvalue weighted by atomic mass is 16.3. The molecule has 116 valence electrons. The number of imidazole rings is 1. The Morgan fingerprint density at radius 3 is 2.62 bits per heavy atom. The van der Waals surface area contributed by atoms with Crippen molar-refractivity contribution in [3.8, 4) is 0 Å². The molecule has 0 aliphatic carbocycles. The number of aliphatic hydroxyl groups excluding tert-OH is 2. The van der Waals surface area contributed by atoms with Crippen LogP contribution in [0.3, 0.4) is 0 Å². The molecule has 2 aromatic rings. The third-order valence-corrected chi connectivity index (χ3v) is 3.07. The fraction of sp³-hybridized carbons (Fsp3) is 0.643. The number of nitrogens with zero attached hydrogens (tertiary/aromatic N) is 5. The maximum absolute atomic E-state index is 9.57. The van der Waals surface area contributed by atoms with Crippen LogP contribution in [0.4, 0.5) is 5.82 Å². The maximum atomic E-state index is 9.57. The molecule has 21 heavy (non-hydrogen) atoms. The zero-order valence-electron chi connectivity index (χ0n) is 13.0. The van der Waals surface area contributed by atoms with Crippen LogP contribution in [-0.2, 0) is 6.54 Å². The van der Waals surface area contributed by atoms with Crippen LogP contribution in [0.25, 0.3) is 11.2 Å². The summed E-state index contributed by atoms with van der Waals surface area (Å²) < 4.78 is 1.73. The summed E-state index contributed by atoms with van der Waals surface area (Å²) in [5.41, 5.74) is 1.50. The van der Waals surface area contributed by atoms with Crippen molar-refractivity contribution in [3.63, 3.8) is 0 Å². The van der Waals surface area contributed by atoms with Gasteiger partial charge in [0.25, 0.3) is 0 Å². The normalized spacial score (nSPS) is 13.6. The first kappa shape index (κ1) is 15.7. The number of anilines is 1. The zero-order chi connectivity index (χ0) is 15.6. The van der Waals surface area contributed by atoms with Crippen molar-refractivity contribution in [1.82, 2.24) is 19.5 Å². The Morgan fingerprint density at radius 1 is 1.29 bits per heavy atom. The van der Waals surface area contributed by atoms with E-state index >= 15 is 0 Å². The molecule has 0 aliphatic heterocycles. The number of rotatable bonds is 5. The molecule has 2 aromatic heterocycles. The lowest BCUT2D eigenvalue weighted by Crippen LogP contribution is -2.30. The molecule has 0 saturated heterocycles. The highest BCUT2D eigenvalue weighted by molar-refractivity contribution is 5.83. The molecule has 7 nitrogen and oxygen atoms in total. The summed E-state index contributed by atoms with van der Waals surface area (Å²) in [5.74, 6) is 0.771. The topological polar surface area (TPSA) is 87.3 Å². The van der Waals surface area contributed by atoms with Crippen molar-refractivity contribution in [1.29, 1.82) is 0 Å². The lowest BCUT2D eigenvalue weighted by molar-refractivity contribution is 0.0820. The van der Waals surface area contributed by atoms with Gasteiger partial charge in [0.05, 0.1) is 25.6 Å². The first-order valence-electron chi connectivity index (χ1n) is 6.97. The summed E-state index contributed by atoms with van der Waals surface area (Å²) in [6, 6.07) is 0. The highest BCUT2D eigenvalue weighted by Gasteiger charge is 2.19. The summed E-state index contributed by atoms with van der Waals surface area (Å²) in [6.07, 6.45) is 2.29. The van der Waals surface area contributed by atoms with Crippen molar-refractivity contribution in [2.75, 3.05) is 25.1 Å². The standard InChI is InChI=1S/C14H23N5O2/c1-14(2,3)7-18(4)12-11-13(16-8-15-12)19(9-17-11)5-10(21)6-20/h8-10,20-21H,5-7H2,1-4H3/t10-/m0/s1. The number of hydrogen-bond donors (Lipinski definition) is 2. The summed E-state index contributed by atoms with van der Waals surface area (Å²) in [5, 5.41) is 18.5. The van der Waals surface area contributed by atoms with E-state index in [1.807, 2.05) is 7.05 Å². The zero-order valence-corrected chi connectivity index (χ0v) is 13.0. The Balaban J connectivity index is 2.34. The van der Waals surface area contributed by atoms with E-state index in [2.05, 4.69) is 40.6 Å². The van der Waals surface area contributed by atoms with Crippen LogP contribution in [0.2, 0.25) is 0 Å². The Labute approximate surface area is 124 Å². The predicted molar refractivity (Wildman–Crippen MR) is 81.1 cm³/mol. The van der Waals surface area contributed by atoms with Gasteiger partial charge in [0.2, 0.25) is 0 Å². The van der Waals surface area contributed by atoms with Gasteiger partial charge in [-0.25, -0.2) is 15.0 Å². The average Bonchev–Trinajstić information content (AvgIpc) is 2.79. The lowest BCUT2D eigenvalue weighted by Gasteiger charge is -2.27. The molecule has 2 rings (SSSR count).